The molecule has 0 unspecified atom stereocenters. The summed E-state index contributed by atoms with van der Waals surface area (Å²) >= 11 is 5.86. The van der Waals surface area contributed by atoms with Gasteiger partial charge in [0, 0.05) is 24.2 Å². The van der Waals surface area contributed by atoms with Gasteiger partial charge in [-0.05, 0) is 24.7 Å². The summed E-state index contributed by atoms with van der Waals surface area (Å²) < 4.78 is 0. The predicted molar refractivity (Wildman–Crippen MR) is 64.6 cm³/mol. The fourth-order valence-electron chi connectivity index (χ4n) is 1.35. The van der Waals surface area contributed by atoms with Gasteiger partial charge in [-0.25, -0.2) is 4.79 Å². The van der Waals surface area contributed by atoms with E-state index in [-0.39, 0.29) is 0 Å². The van der Waals surface area contributed by atoms with Crippen LogP contribution in [0.1, 0.15) is 5.56 Å². The van der Waals surface area contributed by atoms with E-state index in [9.17, 15) is 4.79 Å². The van der Waals surface area contributed by atoms with Crippen LogP contribution in [0.5, 0.6) is 0 Å². The van der Waals surface area contributed by atoms with Crippen molar-refractivity contribution in [1.29, 1.82) is 0 Å². The van der Waals surface area contributed by atoms with Crippen molar-refractivity contribution in [2.45, 2.75) is 6.54 Å². The van der Waals surface area contributed by atoms with Crippen molar-refractivity contribution >= 4 is 17.6 Å². The Kier molecular flexibility index (Phi) is 5.02. The maximum Gasteiger partial charge on any atom is 0.328 e. The second kappa shape index (κ2) is 6.30. The van der Waals surface area contributed by atoms with E-state index in [0.29, 0.717) is 11.6 Å². The third-order valence-corrected chi connectivity index (χ3v) is 2.25. The largest absolute Gasteiger partial charge is 0.478 e. The Balaban J connectivity index is 2.45. The van der Waals surface area contributed by atoms with Crippen LogP contribution in [0.15, 0.2) is 36.4 Å². The number of hydrogen-bond acceptors (Lipinski definition) is 2. The molecular formula is C12H14ClNO2. The molecular weight excluding hydrogens is 226 g/mol. The molecule has 1 aromatic rings. The second-order valence-electron chi connectivity index (χ2n) is 3.57. The van der Waals surface area contributed by atoms with E-state index in [1.165, 1.54) is 0 Å². The first-order valence-electron chi connectivity index (χ1n) is 4.90. The average Bonchev–Trinajstić information content (AvgIpc) is 2.16. The number of aliphatic carboxylic acids is 1. The molecule has 0 aliphatic rings. The summed E-state index contributed by atoms with van der Waals surface area (Å²) in [5, 5.41) is 9.14. The Morgan fingerprint density at radius 3 is 2.94 bits per heavy atom. The summed E-state index contributed by atoms with van der Waals surface area (Å²) in [7, 11) is 1.92. The van der Waals surface area contributed by atoms with E-state index < -0.39 is 5.97 Å². The Bertz CT molecular complexity index is 390. The van der Waals surface area contributed by atoms with Gasteiger partial charge in [0.05, 0.1) is 0 Å². The van der Waals surface area contributed by atoms with Gasteiger partial charge in [0.15, 0.2) is 0 Å². The van der Waals surface area contributed by atoms with Crippen molar-refractivity contribution in [2.24, 2.45) is 0 Å². The summed E-state index contributed by atoms with van der Waals surface area (Å²) in [4.78, 5) is 12.3. The Labute approximate surface area is 100.0 Å². The van der Waals surface area contributed by atoms with E-state index in [1.807, 2.05) is 36.2 Å². The zero-order valence-corrected chi connectivity index (χ0v) is 9.81. The van der Waals surface area contributed by atoms with Gasteiger partial charge in [-0.1, -0.05) is 29.8 Å². The fourth-order valence-corrected chi connectivity index (χ4v) is 1.56. The zero-order chi connectivity index (χ0) is 12.0. The first-order chi connectivity index (χ1) is 7.58. The summed E-state index contributed by atoms with van der Waals surface area (Å²) in [5.41, 5.74) is 1.11. The van der Waals surface area contributed by atoms with Crippen molar-refractivity contribution in [3.63, 3.8) is 0 Å². The molecule has 0 amide bonds. The number of carboxylic acid groups (broad SMARTS) is 1. The molecule has 0 atom stereocenters. The number of carboxylic acids is 1. The molecule has 0 fully saturated rings. The first-order valence-corrected chi connectivity index (χ1v) is 5.28. The molecule has 16 heavy (non-hydrogen) atoms. The molecule has 0 aliphatic carbocycles. The minimum Gasteiger partial charge on any atom is -0.478 e. The number of rotatable bonds is 5. The SMILES string of the molecule is CN(C/C=C/C(=O)O)Cc1cccc(Cl)c1. The molecule has 1 rings (SSSR count). The highest BCUT2D eigenvalue weighted by molar-refractivity contribution is 6.30. The first kappa shape index (κ1) is 12.7. The molecule has 1 aromatic carbocycles. The van der Waals surface area contributed by atoms with Gasteiger partial charge in [-0.15, -0.1) is 0 Å². The third-order valence-electron chi connectivity index (χ3n) is 2.02. The van der Waals surface area contributed by atoms with Crippen LogP contribution in [0.2, 0.25) is 5.02 Å². The maximum atomic E-state index is 10.3. The summed E-state index contributed by atoms with van der Waals surface area (Å²) in [6.45, 7) is 1.34. The monoisotopic (exact) mass is 239 g/mol. The molecule has 0 spiro atoms. The molecule has 86 valence electrons. The van der Waals surface area contributed by atoms with Crippen LogP contribution in [0.25, 0.3) is 0 Å². The van der Waals surface area contributed by atoms with Gasteiger partial charge in [0.1, 0.15) is 0 Å². The van der Waals surface area contributed by atoms with Crippen molar-refractivity contribution < 1.29 is 9.90 Å². The van der Waals surface area contributed by atoms with Crippen LogP contribution in [0.3, 0.4) is 0 Å². The van der Waals surface area contributed by atoms with Crippen molar-refractivity contribution in [2.75, 3.05) is 13.6 Å². The van der Waals surface area contributed by atoms with Crippen molar-refractivity contribution in [1.82, 2.24) is 4.90 Å². The number of hydrogen-bond donors (Lipinski definition) is 1. The normalized spacial score (nSPS) is 11.2. The molecule has 3 nitrogen and oxygen atoms in total. The summed E-state index contributed by atoms with van der Waals surface area (Å²) in [6, 6.07) is 7.62. The van der Waals surface area contributed by atoms with Gasteiger partial charge in [0.2, 0.25) is 0 Å². The molecule has 0 heterocycles. The lowest BCUT2D eigenvalue weighted by Crippen LogP contribution is -2.17. The van der Waals surface area contributed by atoms with Gasteiger partial charge in [-0.3, -0.25) is 4.90 Å². The number of halogens is 1. The molecule has 0 radical (unpaired) electrons. The van der Waals surface area contributed by atoms with E-state index in [0.717, 1.165) is 18.2 Å². The Morgan fingerprint density at radius 1 is 1.56 bits per heavy atom. The molecule has 0 saturated heterocycles. The summed E-state index contributed by atoms with van der Waals surface area (Å²) in [5.74, 6) is -0.920. The smallest absolute Gasteiger partial charge is 0.328 e. The van der Waals surface area contributed by atoms with Crippen LogP contribution in [0, 0.1) is 0 Å². The van der Waals surface area contributed by atoms with E-state index >= 15 is 0 Å². The Hall–Kier alpha value is -1.32. The lowest BCUT2D eigenvalue weighted by molar-refractivity contribution is -0.131. The van der Waals surface area contributed by atoms with Crippen molar-refractivity contribution in [3.05, 3.63) is 47.0 Å². The topological polar surface area (TPSA) is 40.5 Å². The van der Waals surface area contributed by atoms with E-state index in [2.05, 4.69) is 0 Å². The zero-order valence-electron chi connectivity index (χ0n) is 9.06. The van der Waals surface area contributed by atoms with Crippen LogP contribution in [-0.4, -0.2) is 29.6 Å². The van der Waals surface area contributed by atoms with Crippen LogP contribution in [-0.2, 0) is 11.3 Å². The maximum absolute atomic E-state index is 10.3. The van der Waals surface area contributed by atoms with E-state index in [4.69, 9.17) is 16.7 Å². The van der Waals surface area contributed by atoms with Crippen LogP contribution < -0.4 is 0 Å². The lowest BCUT2D eigenvalue weighted by Gasteiger charge is -2.14. The van der Waals surface area contributed by atoms with Crippen molar-refractivity contribution in [3.8, 4) is 0 Å². The summed E-state index contributed by atoms with van der Waals surface area (Å²) in [6.07, 6.45) is 2.77. The highest BCUT2D eigenvalue weighted by atomic mass is 35.5. The molecule has 0 saturated carbocycles. The quantitative estimate of drug-likeness (QED) is 0.803. The Morgan fingerprint density at radius 2 is 2.31 bits per heavy atom. The molecule has 0 bridgehead atoms. The lowest BCUT2D eigenvalue weighted by atomic mass is 10.2. The van der Waals surface area contributed by atoms with E-state index in [1.54, 1.807) is 6.08 Å². The minimum absolute atomic E-state index is 0.596. The minimum atomic E-state index is -0.920. The predicted octanol–water partition coefficient (Wildman–Crippen LogP) is 2.41. The third kappa shape index (κ3) is 4.96. The fraction of sp³-hybridized carbons (Fsp3) is 0.250. The van der Waals surface area contributed by atoms with Crippen LogP contribution in [0.4, 0.5) is 0 Å². The highest BCUT2D eigenvalue weighted by Gasteiger charge is 1.99. The second-order valence-corrected chi connectivity index (χ2v) is 4.00. The van der Waals surface area contributed by atoms with Gasteiger partial charge >= 0.3 is 5.97 Å². The number of nitrogens with zero attached hydrogens (tertiary/aromatic N) is 1. The van der Waals surface area contributed by atoms with Crippen LogP contribution >= 0.6 is 11.6 Å². The molecule has 0 aromatic heterocycles. The molecule has 0 aliphatic heterocycles. The molecule has 1 N–H and O–H groups in total. The molecule has 4 heteroatoms. The number of carbonyl (C=O) groups is 1. The van der Waals surface area contributed by atoms with Gasteiger partial charge in [0.25, 0.3) is 0 Å². The number of benzene rings is 1. The standard InChI is InChI=1S/C12H14ClNO2/c1-14(7-3-6-12(15)16)9-10-4-2-5-11(13)8-10/h2-6,8H,7,9H2,1H3,(H,15,16)/b6-3+. The number of likely N-dealkylation sites (N-methyl/N-ethyl adjacent to an activating group) is 1. The highest BCUT2D eigenvalue weighted by Crippen LogP contribution is 2.11. The van der Waals surface area contributed by atoms with Gasteiger partial charge < -0.3 is 5.11 Å². The van der Waals surface area contributed by atoms with Gasteiger partial charge in [-0.2, -0.15) is 0 Å². The average molecular weight is 240 g/mol.